The molecule has 6 nitrogen and oxygen atoms in total. The van der Waals surface area contributed by atoms with Gasteiger partial charge in [-0.2, -0.15) is 5.26 Å². The van der Waals surface area contributed by atoms with Crippen LogP contribution < -0.4 is 20.8 Å². The van der Waals surface area contributed by atoms with E-state index in [0.717, 1.165) is 0 Å². The van der Waals surface area contributed by atoms with Gasteiger partial charge in [0.2, 0.25) is 5.88 Å². The summed E-state index contributed by atoms with van der Waals surface area (Å²) in [5.74, 6) is 1.04. The second-order valence-corrected chi connectivity index (χ2v) is 6.91. The van der Waals surface area contributed by atoms with E-state index in [0.29, 0.717) is 27.8 Å². The molecule has 0 saturated carbocycles. The van der Waals surface area contributed by atoms with Crippen molar-refractivity contribution in [1.29, 1.82) is 5.26 Å². The van der Waals surface area contributed by atoms with E-state index in [1.54, 1.807) is 61.5 Å². The van der Waals surface area contributed by atoms with Crippen LogP contribution in [-0.2, 0) is 0 Å². The van der Waals surface area contributed by atoms with Crippen molar-refractivity contribution in [2.45, 2.75) is 12.8 Å². The fourth-order valence-electron chi connectivity index (χ4n) is 3.25. The molecule has 0 saturated heterocycles. The van der Waals surface area contributed by atoms with Crippen molar-refractivity contribution < 1.29 is 13.9 Å². The van der Waals surface area contributed by atoms with Gasteiger partial charge in [0.15, 0.2) is 0 Å². The number of nitrogens with two attached hydrogens (primary N) is 1. The Morgan fingerprint density at radius 2 is 1.90 bits per heavy atom. The summed E-state index contributed by atoms with van der Waals surface area (Å²) in [5.41, 5.74) is 6.40. The van der Waals surface area contributed by atoms with E-state index in [2.05, 4.69) is 6.07 Å². The second-order valence-electron chi connectivity index (χ2n) is 6.48. The molecule has 1 unspecified atom stereocenters. The third-order valence-corrected chi connectivity index (χ3v) is 4.75. The number of aryl methyl sites for hydroxylation is 1. The third kappa shape index (κ3) is 3.56. The van der Waals surface area contributed by atoms with Crippen LogP contribution in [0.15, 0.2) is 75.3 Å². The van der Waals surface area contributed by atoms with Crippen molar-refractivity contribution in [3.63, 3.8) is 0 Å². The molecular weight excluding hydrogens is 392 g/mol. The van der Waals surface area contributed by atoms with Crippen LogP contribution in [0.5, 0.6) is 17.2 Å². The lowest BCUT2D eigenvalue weighted by molar-refractivity contribution is 0.371. The number of hydrogen-bond acceptors (Lipinski definition) is 6. The summed E-state index contributed by atoms with van der Waals surface area (Å²) in [4.78, 5) is 12.6. The zero-order chi connectivity index (χ0) is 20.5. The molecule has 3 aromatic rings. The molecule has 2 heterocycles. The number of rotatable bonds is 3. The molecule has 2 N–H and O–H groups in total. The average Bonchev–Trinajstić information content (AvgIpc) is 2.68. The molecule has 0 spiro atoms. The third-order valence-electron chi connectivity index (χ3n) is 4.50. The molecule has 1 atom stereocenters. The molecule has 0 fully saturated rings. The highest BCUT2D eigenvalue weighted by Gasteiger charge is 2.34. The maximum absolute atomic E-state index is 12.6. The first kappa shape index (κ1) is 18.7. The maximum atomic E-state index is 12.6. The summed E-state index contributed by atoms with van der Waals surface area (Å²) < 4.78 is 16.6. The van der Waals surface area contributed by atoms with Crippen molar-refractivity contribution in [3.8, 4) is 23.3 Å². The summed E-state index contributed by atoms with van der Waals surface area (Å²) in [7, 11) is 0. The molecule has 1 aliphatic heterocycles. The molecule has 0 aliphatic carbocycles. The first-order valence-corrected chi connectivity index (χ1v) is 9.09. The fraction of sp³-hybridized carbons (Fsp3) is 0.0909. The van der Waals surface area contributed by atoms with Gasteiger partial charge in [0.25, 0.3) is 0 Å². The molecule has 2 aromatic carbocycles. The van der Waals surface area contributed by atoms with E-state index >= 15 is 0 Å². The van der Waals surface area contributed by atoms with Gasteiger partial charge in [0.05, 0.1) is 11.5 Å². The molecular formula is C22H15ClN2O4. The first-order chi connectivity index (χ1) is 14.0. The number of benzene rings is 2. The average molecular weight is 407 g/mol. The summed E-state index contributed by atoms with van der Waals surface area (Å²) in [6.45, 7) is 1.64. The Balaban J connectivity index is 1.81. The van der Waals surface area contributed by atoms with Crippen LogP contribution in [0.3, 0.4) is 0 Å². The van der Waals surface area contributed by atoms with Crippen LogP contribution in [0.1, 0.15) is 22.8 Å². The molecule has 4 rings (SSSR count). The number of nitrogens with zero attached hydrogens (tertiary/aromatic N) is 1. The van der Waals surface area contributed by atoms with Gasteiger partial charge >= 0.3 is 5.63 Å². The number of hydrogen-bond donors (Lipinski definition) is 1. The lowest BCUT2D eigenvalue weighted by Gasteiger charge is -2.25. The van der Waals surface area contributed by atoms with Crippen molar-refractivity contribution in [1.82, 2.24) is 0 Å². The number of nitriles is 1. The Bertz CT molecular complexity index is 1220. The highest BCUT2D eigenvalue weighted by Crippen LogP contribution is 2.41. The van der Waals surface area contributed by atoms with Crippen molar-refractivity contribution in [2.75, 3.05) is 0 Å². The number of ether oxygens (including phenoxy) is 2. The van der Waals surface area contributed by atoms with Crippen molar-refractivity contribution >= 4 is 11.6 Å². The van der Waals surface area contributed by atoms with E-state index in [4.69, 9.17) is 31.2 Å². The van der Waals surface area contributed by atoms with Crippen LogP contribution in [0, 0.1) is 18.3 Å². The molecule has 1 aliphatic rings. The van der Waals surface area contributed by atoms with Crippen LogP contribution in [0.25, 0.3) is 0 Å². The Morgan fingerprint density at radius 1 is 1.14 bits per heavy atom. The van der Waals surface area contributed by atoms with Gasteiger partial charge in [-0.3, -0.25) is 0 Å². The minimum atomic E-state index is -0.727. The van der Waals surface area contributed by atoms with Gasteiger partial charge in [0.1, 0.15) is 34.7 Å². The standard InChI is InChI=1S/C22H15ClN2O4/c1-12-9-18-20(22(26)27-12)19(17(11-24)21(25)29-18)13-3-2-4-16(10-13)28-15-7-5-14(23)6-8-15/h2-10,19H,25H2,1H3. The number of fused-ring (bicyclic) bond motifs is 1. The minimum absolute atomic E-state index is 0.0426. The van der Waals surface area contributed by atoms with E-state index in [-0.39, 0.29) is 22.8 Å². The van der Waals surface area contributed by atoms with Crippen LogP contribution in [0.4, 0.5) is 0 Å². The number of allylic oxidation sites excluding steroid dienone is 1. The Kier molecular flexibility index (Phi) is 4.75. The van der Waals surface area contributed by atoms with Gasteiger partial charge in [-0.05, 0) is 48.9 Å². The normalized spacial score (nSPS) is 15.3. The fourth-order valence-corrected chi connectivity index (χ4v) is 3.37. The Hall–Kier alpha value is -3.69. The Morgan fingerprint density at radius 3 is 2.62 bits per heavy atom. The summed E-state index contributed by atoms with van der Waals surface area (Å²) >= 11 is 5.91. The van der Waals surface area contributed by atoms with Gasteiger partial charge < -0.3 is 19.6 Å². The van der Waals surface area contributed by atoms with Crippen LogP contribution >= 0.6 is 11.6 Å². The topological polar surface area (TPSA) is 98.5 Å². The molecule has 144 valence electrons. The van der Waals surface area contributed by atoms with E-state index in [1.807, 2.05) is 0 Å². The number of halogens is 1. The lowest BCUT2D eigenvalue weighted by Crippen LogP contribution is -2.26. The molecule has 0 radical (unpaired) electrons. The highest BCUT2D eigenvalue weighted by molar-refractivity contribution is 6.30. The smallest absolute Gasteiger partial charge is 0.343 e. The van der Waals surface area contributed by atoms with Crippen molar-refractivity contribution in [3.05, 3.63) is 98.4 Å². The largest absolute Gasteiger partial charge is 0.457 e. The first-order valence-electron chi connectivity index (χ1n) is 8.72. The van der Waals surface area contributed by atoms with Gasteiger partial charge in [-0.25, -0.2) is 4.79 Å². The zero-order valence-electron chi connectivity index (χ0n) is 15.3. The lowest BCUT2D eigenvalue weighted by atomic mass is 9.84. The van der Waals surface area contributed by atoms with Gasteiger partial charge in [-0.1, -0.05) is 23.7 Å². The van der Waals surface area contributed by atoms with Gasteiger partial charge in [-0.15, -0.1) is 0 Å². The summed E-state index contributed by atoms with van der Waals surface area (Å²) in [6, 6.07) is 17.7. The summed E-state index contributed by atoms with van der Waals surface area (Å²) in [5, 5.41) is 10.3. The van der Waals surface area contributed by atoms with E-state index < -0.39 is 11.5 Å². The summed E-state index contributed by atoms with van der Waals surface area (Å²) in [6.07, 6.45) is 0. The predicted molar refractivity (Wildman–Crippen MR) is 107 cm³/mol. The van der Waals surface area contributed by atoms with Gasteiger partial charge in [0, 0.05) is 11.1 Å². The molecule has 0 bridgehead atoms. The van der Waals surface area contributed by atoms with E-state index in [1.165, 1.54) is 0 Å². The Labute approximate surface area is 171 Å². The quantitative estimate of drug-likeness (QED) is 0.681. The zero-order valence-corrected chi connectivity index (χ0v) is 16.1. The SMILES string of the molecule is Cc1cc2c(c(=O)o1)C(c1cccc(Oc3ccc(Cl)cc3)c1)C(C#N)=C(N)O2. The minimum Gasteiger partial charge on any atom is -0.457 e. The van der Waals surface area contributed by atoms with Crippen molar-refractivity contribution in [2.24, 2.45) is 5.73 Å². The highest BCUT2D eigenvalue weighted by atomic mass is 35.5. The van der Waals surface area contributed by atoms with Crippen LogP contribution in [0.2, 0.25) is 5.02 Å². The maximum Gasteiger partial charge on any atom is 0.343 e. The molecule has 1 aromatic heterocycles. The molecule has 29 heavy (non-hydrogen) atoms. The molecule has 0 amide bonds. The van der Waals surface area contributed by atoms with E-state index in [9.17, 15) is 10.1 Å². The molecule has 7 heteroatoms. The second kappa shape index (κ2) is 7.38. The van der Waals surface area contributed by atoms with Crippen LogP contribution in [-0.4, -0.2) is 0 Å². The predicted octanol–water partition coefficient (Wildman–Crippen LogP) is 4.61. The monoisotopic (exact) mass is 406 g/mol.